The molecule has 0 aromatic heterocycles. The van der Waals surface area contributed by atoms with Crippen molar-refractivity contribution in [3.8, 4) is 0 Å². The minimum Gasteiger partial charge on any atom is -0.481 e. The number of fused-ring (bicyclic) bond motifs is 1. The van der Waals surface area contributed by atoms with Gasteiger partial charge in [-0.1, -0.05) is 12.5 Å². The molecule has 4 heteroatoms. The van der Waals surface area contributed by atoms with Crippen LogP contribution in [0.25, 0.3) is 0 Å². The van der Waals surface area contributed by atoms with Gasteiger partial charge in [0.05, 0.1) is 5.41 Å². The Morgan fingerprint density at radius 1 is 1.23 bits per heavy atom. The topological polar surface area (TPSA) is 57.6 Å². The zero-order chi connectivity index (χ0) is 15.9. The Kier molecular flexibility index (Phi) is 3.71. The molecular weight excluding hydrogens is 278 g/mol. The summed E-state index contributed by atoms with van der Waals surface area (Å²) in [6.07, 6.45) is 4.24. The fourth-order valence-corrected chi connectivity index (χ4v) is 3.79. The number of aryl methyl sites for hydroxylation is 2. The van der Waals surface area contributed by atoms with E-state index in [2.05, 4.69) is 19.1 Å². The molecular formula is C18H23NO3. The molecule has 1 saturated carbocycles. The number of carboxylic acid groups (broad SMARTS) is 1. The van der Waals surface area contributed by atoms with Crippen LogP contribution in [-0.4, -0.2) is 23.5 Å². The third-order valence-electron chi connectivity index (χ3n) is 5.25. The van der Waals surface area contributed by atoms with Crippen LogP contribution in [0.2, 0.25) is 0 Å². The first-order valence-electron chi connectivity index (χ1n) is 8.07. The number of carboxylic acids is 1. The monoisotopic (exact) mass is 301 g/mol. The third kappa shape index (κ3) is 2.40. The van der Waals surface area contributed by atoms with Crippen LogP contribution in [0.3, 0.4) is 0 Å². The van der Waals surface area contributed by atoms with E-state index in [4.69, 9.17) is 0 Å². The Morgan fingerprint density at radius 3 is 2.55 bits per heavy atom. The molecule has 0 atom stereocenters. The number of benzene rings is 1. The highest BCUT2D eigenvalue weighted by molar-refractivity contribution is 5.97. The Labute approximate surface area is 131 Å². The maximum absolute atomic E-state index is 12.8. The molecule has 1 amide bonds. The van der Waals surface area contributed by atoms with Crippen LogP contribution in [0.4, 0.5) is 5.69 Å². The van der Waals surface area contributed by atoms with Crippen LogP contribution in [0.15, 0.2) is 12.1 Å². The molecule has 22 heavy (non-hydrogen) atoms. The maximum Gasteiger partial charge on any atom is 0.310 e. The highest BCUT2D eigenvalue weighted by atomic mass is 16.4. The largest absolute Gasteiger partial charge is 0.481 e. The van der Waals surface area contributed by atoms with Crippen molar-refractivity contribution in [2.45, 2.75) is 52.4 Å². The van der Waals surface area contributed by atoms with Gasteiger partial charge in [-0.05, 0) is 62.3 Å². The molecule has 0 spiro atoms. The first-order chi connectivity index (χ1) is 10.4. The molecule has 0 saturated heterocycles. The lowest BCUT2D eigenvalue weighted by molar-refractivity contribution is -0.157. The number of amides is 1. The molecule has 1 fully saturated rings. The number of anilines is 1. The molecule has 1 aromatic rings. The van der Waals surface area contributed by atoms with Gasteiger partial charge in [0.15, 0.2) is 0 Å². The average Bonchev–Trinajstić information content (AvgIpc) is 2.41. The van der Waals surface area contributed by atoms with Gasteiger partial charge < -0.3 is 10.0 Å². The van der Waals surface area contributed by atoms with Crippen molar-refractivity contribution in [2.75, 3.05) is 11.4 Å². The lowest BCUT2D eigenvalue weighted by Crippen LogP contribution is -2.45. The van der Waals surface area contributed by atoms with E-state index >= 15 is 0 Å². The van der Waals surface area contributed by atoms with Crippen molar-refractivity contribution in [2.24, 2.45) is 5.41 Å². The van der Waals surface area contributed by atoms with E-state index in [1.807, 2.05) is 11.8 Å². The van der Waals surface area contributed by atoms with Crippen molar-refractivity contribution in [3.05, 3.63) is 28.8 Å². The fourth-order valence-electron chi connectivity index (χ4n) is 3.79. The highest BCUT2D eigenvalue weighted by Gasteiger charge is 2.47. The Bertz CT molecular complexity index is 631. The van der Waals surface area contributed by atoms with Gasteiger partial charge in [0.2, 0.25) is 5.91 Å². The van der Waals surface area contributed by atoms with Crippen molar-refractivity contribution >= 4 is 17.6 Å². The lowest BCUT2D eigenvalue weighted by atomic mass is 9.66. The van der Waals surface area contributed by atoms with Crippen LogP contribution in [0, 0.1) is 19.3 Å². The Hall–Kier alpha value is -1.84. The SMILES string of the molecule is Cc1cc(C)c2c(c1)N(C(=O)CC1(C(=O)O)CCC1)CCC2. The molecule has 1 N–H and O–H groups in total. The van der Waals surface area contributed by atoms with E-state index in [0.29, 0.717) is 19.4 Å². The zero-order valence-corrected chi connectivity index (χ0v) is 13.3. The number of nitrogens with zero attached hydrogens (tertiary/aromatic N) is 1. The van der Waals surface area contributed by atoms with Gasteiger partial charge in [-0.2, -0.15) is 0 Å². The predicted molar refractivity (Wildman–Crippen MR) is 85.1 cm³/mol. The average molecular weight is 301 g/mol. The van der Waals surface area contributed by atoms with Gasteiger partial charge in [0, 0.05) is 18.7 Å². The molecule has 4 nitrogen and oxygen atoms in total. The van der Waals surface area contributed by atoms with E-state index in [1.54, 1.807) is 0 Å². The Morgan fingerprint density at radius 2 is 1.95 bits per heavy atom. The third-order valence-corrected chi connectivity index (χ3v) is 5.25. The standard InChI is InChI=1S/C18H23NO3/c1-12-9-13(2)14-5-3-8-19(15(14)10-12)16(20)11-18(17(21)22)6-4-7-18/h9-10H,3-8,11H2,1-2H3,(H,21,22). The van der Waals surface area contributed by atoms with Gasteiger partial charge >= 0.3 is 5.97 Å². The van der Waals surface area contributed by atoms with Gasteiger partial charge in [0.25, 0.3) is 0 Å². The van der Waals surface area contributed by atoms with E-state index in [-0.39, 0.29) is 12.3 Å². The number of rotatable bonds is 3. The summed E-state index contributed by atoms with van der Waals surface area (Å²) < 4.78 is 0. The normalized spacial score (nSPS) is 19.3. The quantitative estimate of drug-likeness (QED) is 0.932. The summed E-state index contributed by atoms with van der Waals surface area (Å²) in [5.41, 5.74) is 3.79. The van der Waals surface area contributed by atoms with Crippen molar-refractivity contribution < 1.29 is 14.7 Å². The summed E-state index contributed by atoms with van der Waals surface area (Å²) in [6.45, 7) is 4.82. The lowest BCUT2D eigenvalue weighted by Gasteiger charge is -2.39. The number of hydrogen-bond donors (Lipinski definition) is 1. The number of hydrogen-bond acceptors (Lipinski definition) is 2. The molecule has 1 aliphatic heterocycles. The molecule has 1 aliphatic carbocycles. The summed E-state index contributed by atoms with van der Waals surface area (Å²) in [5, 5.41) is 9.44. The predicted octanol–water partition coefficient (Wildman–Crippen LogP) is 3.23. The molecule has 3 rings (SSSR count). The van der Waals surface area contributed by atoms with Gasteiger partial charge in [-0.25, -0.2) is 0 Å². The van der Waals surface area contributed by atoms with Crippen molar-refractivity contribution in [1.82, 2.24) is 0 Å². The summed E-state index contributed by atoms with van der Waals surface area (Å²) >= 11 is 0. The van der Waals surface area contributed by atoms with Crippen LogP contribution in [0.5, 0.6) is 0 Å². The van der Waals surface area contributed by atoms with E-state index in [0.717, 1.165) is 30.5 Å². The summed E-state index contributed by atoms with van der Waals surface area (Å²) in [5.74, 6) is -0.849. The van der Waals surface area contributed by atoms with E-state index in [9.17, 15) is 14.7 Å². The van der Waals surface area contributed by atoms with Crippen molar-refractivity contribution in [3.63, 3.8) is 0 Å². The van der Waals surface area contributed by atoms with Crippen LogP contribution in [-0.2, 0) is 16.0 Å². The molecule has 1 heterocycles. The number of aliphatic carboxylic acids is 1. The van der Waals surface area contributed by atoms with Crippen LogP contribution >= 0.6 is 0 Å². The smallest absolute Gasteiger partial charge is 0.310 e. The minimum atomic E-state index is -0.815. The summed E-state index contributed by atoms with van der Waals surface area (Å²) in [7, 11) is 0. The molecule has 2 aliphatic rings. The first-order valence-corrected chi connectivity index (χ1v) is 8.07. The van der Waals surface area contributed by atoms with E-state index < -0.39 is 11.4 Å². The van der Waals surface area contributed by atoms with E-state index in [1.165, 1.54) is 11.1 Å². The maximum atomic E-state index is 12.8. The second-order valence-electron chi connectivity index (χ2n) is 6.84. The van der Waals surface area contributed by atoms with Crippen LogP contribution < -0.4 is 4.90 Å². The fraction of sp³-hybridized carbons (Fsp3) is 0.556. The zero-order valence-electron chi connectivity index (χ0n) is 13.3. The van der Waals surface area contributed by atoms with Crippen molar-refractivity contribution in [1.29, 1.82) is 0 Å². The first kappa shape index (κ1) is 15.1. The summed E-state index contributed by atoms with van der Waals surface area (Å²) in [4.78, 5) is 26.1. The number of carbonyl (C=O) groups excluding carboxylic acids is 1. The highest BCUT2D eigenvalue weighted by Crippen LogP contribution is 2.45. The summed E-state index contributed by atoms with van der Waals surface area (Å²) in [6, 6.07) is 4.21. The Balaban J connectivity index is 1.88. The molecule has 118 valence electrons. The molecule has 0 bridgehead atoms. The van der Waals surface area contributed by atoms with Gasteiger partial charge in [0.1, 0.15) is 0 Å². The van der Waals surface area contributed by atoms with Crippen LogP contribution in [0.1, 0.15) is 48.8 Å². The number of carbonyl (C=O) groups is 2. The van der Waals surface area contributed by atoms with Gasteiger partial charge in [-0.15, -0.1) is 0 Å². The molecule has 1 aromatic carbocycles. The second-order valence-corrected chi connectivity index (χ2v) is 6.84. The second kappa shape index (κ2) is 5.41. The molecule has 0 radical (unpaired) electrons. The minimum absolute atomic E-state index is 0.0342. The molecule has 0 unspecified atom stereocenters. The van der Waals surface area contributed by atoms with Gasteiger partial charge in [-0.3, -0.25) is 9.59 Å².